The first-order chi connectivity index (χ1) is 24.3. The van der Waals surface area contributed by atoms with E-state index in [2.05, 4.69) is 138 Å². The number of phenols is 1. The standard InChI is InChI=1S/C46H43N3O2/c1-27-26-47-38(25-33(27)28-15-10-9-11-16-28)29-21-34-31-17-12-13-20-40(31)51-43(34)35(22-29)32-18-14-19-39-41(32)48-44(49(39)8)36-23-30(45(2,3)4)24-37(42(36)50)46(5,6)7/h9-26,50H,1-8H3. The molecule has 0 radical (unpaired) electrons. The summed E-state index contributed by atoms with van der Waals surface area (Å²) in [5.41, 5.74) is 13.1. The number of hydrogen-bond donors (Lipinski definition) is 1. The molecule has 0 saturated heterocycles. The molecule has 0 aliphatic rings. The summed E-state index contributed by atoms with van der Waals surface area (Å²) in [6, 6.07) is 35.8. The Labute approximate surface area is 299 Å². The fourth-order valence-corrected chi connectivity index (χ4v) is 7.27. The zero-order valence-corrected chi connectivity index (χ0v) is 30.6. The topological polar surface area (TPSA) is 64.1 Å². The number of imidazole rings is 1. The van der Waals surface area contributed by atoms with Gasteiger partial charge in [-0.05, 0) is 76.4 Å². The van der Waals surface area contributed by atoms with Gasteiger partial charge in [-0.15, -0.1) is 0 Å². The zero-order chi connectivity index (χ0) is 35.8. The lowest BCUT2D eigenvalue weighted by molar-refractivity contribution is 0.446. The summed E-state index contributed by atoms with van der Waals surface area (Å²) in [6.45, 7) is 15.2. The van der Waals surface area contributed by atoms with Crippen molar-refractivity contribution in [1.29, 1.82) is 0 Å². The van der Waals surface area contributed by atoms with Crippen LogP contribution in [0.3, 0.4) is 0 Å². The third kappa shape index (κ3) is 5.48. The first-order valence-electron chi connectivity index (χ1n) is 17.6. The maximum atomic E-state index is 11.8. The van der Waals surface area contributed by atoms with Gasteiger partial charge in [0.2, 0.25) is 0 Å². The average molecular weight is 670 g/mol. The van der Waals surface area contributed by atoms with Crippen molar-refractivity contribution >= 4 is 33.0 Å². The molecular weight excluding hydrogens is 627 g/mol. The normalized spacial score (nSPS) is 12.4. The number of aromatic hydroxyl groups is 1. The molecule has 0 aliphatic heterocycles. The molecule has 0 saturated carbocycles. The summed E-state index contributed by atoms with van der Waals surface area (Å²) in [4.78, 5) is 10.3. The zero-order valence-electron chi connectivity index (χ0n) is 30.6. The Morgan fingerprint density at radius 2 is 1.41 bits per heavy atom. The van der Waals surface area contributed by atoms with Crippen LogP contribution in [0.4, 0.5) is 0 Å². The average Bonchev–Trinajstić information content (AvgIpc) is 3.65. The lowest BCUT2D eigenvalue weighted by Gasteiger charge is -2.27. The van der Waals surface area contributed by atoms with Crippen LogP contribution in [-0.2, 0) is 17.9 Å². The number of furan rings is 1. The molecule has 5 nitrogen and oxygen atoms in total. The Balaban J connectivity index is 1.39. The van der Waals surface area contributed by atoms with Crippen LogP contribution in [0.2, 0.25) is 0 Å². The maximum absolute atomic E-state index is 11.8. The number of aryl methyl sites for hydroxylation is 2. The third-order valence-electron chi connectivity index (χ3n) is 10.2. The number of para-hydroxylation sites is 2. The van der Waals surface area contributed by atoms with E-state index in [4.69, 9.17) is 14.4 Å². The molecular formula is C46H43N3O2. The summed E-state index contributed by atoms with van der Waals surface area (Å²) >= 11 is 0. The van der Waals surface area contributed by atoms with Gasteiger partial charge in [0, 0.05) is 46.3 Å². The van der Waals surface area contributed by atoms with E-state index in [-0.39, 0.29) is 16.6 Å². The first kappa shape index (κ1) is 32.5. The van der Waals surface area contributed by atoms with E-state index in [9.17, 15) is 5.11 Å². The van der Waals surface area contributed by atoms with Crippen LogP contribution in [-0.4, -0.2) is 19.6 Å². The fraction of sp³-hybridized carbons (Fsp3) is 0.217. The summed E-state index contributed by atoms with van der Waals surface area (Å²) < 4.78 is 8.74. The summed E-state index contributed by atoms with van der Waals surface area (Å²) in [7, 11) is 2.03. The summed E-state index contributed by atoms with van der Waals surface area (Å²) in [5.74, 6) is 0.994. The molecule has 0 amide bonds. The summed E-state index contributed by atoms with van der Waals surface area (Å²) in [5, 5.41) is 13.9. The van der Waals surface area contributed by atoms with Crippen LogP contribution in [0.25, 0.3) is 77.9 Å². The Hall–Kier alpha value is -5.68. The molecule has 0 unspecified atom stereocenters. The number of rotatable bonds is 4. The van der Waals surface area contributed by atoms with E-state index < -0.39 is 0 Å². The van der Waals surface area contributed by atoms with Gasteiger partial charge in [-0.3, -0.25) is 4.98 Å². The number of aromatic nitrogens is 3. The fourth-order valence-electron chi connectivity index (χ4n) is 7.27. The third-order valence-corrected chi connectivity index (χ3v) is 10.2. The van der Waals surface area contributed by atoms with Gasteiger partial charge in [-0.2, -0.15) is 0 Å². The minimum atomic E-state index is -0.256. The number of phenolic OH excluding ortho intramolecular Hbond substituents is 1. The molecule has 8 rings (SSSR count). The molecule has 5 heteroatoms. The van der Waals surface area contributed by atoms with Crippen LogP contribution in [0, 0.1) is 6.92 Å². The van der Waals surface area contributed by atoms with Crippen molar-refractivity contribution in [2.24, 2.45) is 7.05 Å². The van der Waals surface area contributed by atoms with Crippen LogP contribution in [0.15, 0.2) is 114 Å². The molecule has 51 heavy (non-hydrogen) atoms. The molecule has 0 fully saturated rings. The van der Waals surface area contributed by atoms with Gasteiger partial charge >= 0.3 is 0 Å². The Bertz CT molecular complexity index is 2630. The van der Waals surface area contributed by atoms with Crippen molar-refractivity contribution in [2.45, 2.75) is 59.3 Å². The van der Waals surface area contributed by atoms with Crippen molar-refractivity contribution in [3.05, 3.63) is 126 Å². The van der Waals surface area contributed by atoms with E-state index in [1.807, 2.05) is 31.4 Å². The molecule has 1 N–H and O–H groups in total. The van der Waals surface area contributed by atoms with Crippen molar-refractivity contribution in [1.82, 2.24) is 14.5 Å². The molecule has 3 heterocycles. The lowest BCUT2D eigenvalue weighted by Crippen LogP contribution is -2.17. The van der Waals surface area contributed by atoms with Crippen LogP contribution >= 0.6 is 0 Å². The van der Waals surface area contributed by atoms with Crippen LogP contribution < -0.4 is 0 Å². The van der Waals surface area contributed by atoms with Crippen molar-refractivity contribution in [3.8, 4) is 50.6 Å². The smallest absolute Gasteiger partial charge is 0.144 e. The molecule has 5 aromatic carbocycles. The molecule has 0 aliphatic carbocycles. The van der Waals surface area contributed by atoms with E-state index in [1.54, 1.807) is 0 Å². The summed E-state index contributed by atoms with van der Waals surface area (Å²) in [6.07, 6.45) is 1.96. The van der Waals surface area contributed by atoms with Gasteiger partial charge in [-0.25, -0.2) is 4.98 Å². The van der Waals surface area contributed by atoms with Gasteiger partial charge in [0.15, 0.2) is 0 Å². The quantitative estimate of drug-likeness (QED) is 0.203. The van der Waals surface area contributed by atoms with E-state index in [0.717, 1.165) is 94.6 Å². The van der Waals surface area contributed by atoms with Gasteiger partial charge in [-0.1, -0.05) is 108 Å². The highest BCUT2D eigenvalue weighted by molar-refractivity contribution is 6.13. The molecule has 0 spiro atoms. The molecule has 0 atom stereocenters. The minimum absolute atomic E-state index is 0.115. The predicted molar refractivity (Wildman–Crippen MR) is 211 cm³/mol. The second-order valence-corrected chi connectivity index (χ2v) is 15.8. The van der Waals surface area contributed by atoms with E-state index in [0.29, 0.717) is 0 Å². The van der Waals surface area contributed by atoms with E-state index in [1.165, 1.54) is 0 Å². The van der Waals surface area contributed by atoms with Gasteiger partial charge in [0.25, 0.3) is 0 Å². The molecule has 8 aromatic rings. The van der Waals surface area contributed by atoms with Gasteiger partial charge in [0.05, 0.1) is 22.3 Å². The predicted octanol–water partition coefficient (Wildman–Crippen LogP) is 12.1. The molecule has 0 bridgehead atoms. The Kier molecular flexibility index (Phi) is 7.46. The van der Waals surface area contributed by atoms with Gasteiger partial charge in [0.1, 0.15) is 22.7 Å². The minimum Gasteiger partial charge on any atom is -0.507 e. The monoisotopic (exact) mass is 669 g/mol. The van der Waals surface area contributed by atoms with E-state index >= 15 is 0 Å². The Morgan fingerprint density at radius 3 is 2.16 bits per heavy atom. The van der Waals surface area contributed by atoms with Crippen molar-refractivity contribution in [2.75, 3.05) is 0 Å². The Morgan fingerprint density at radius 1 is 0.667 bits per heavy atom. The highest BCUT2D eigenvalue weighted by Gasteiger charge is 2.28. The lowest BCUT2D eigenvalue weighted by atomic mass is 9.79. The number of benzene rings is 5. The number of hydrogen-bond acceptors (Lipinski definition) is 4. The van der Waals surface area contributed by atoms with Crippen LogP contribution in [0.1, 0.15) is 58.2 Å². The van der Waals surface area contributed by atoms with Crippen molar-refractivity contribution in [3.63, 3.8) is 0 Å². The maximum Gasteiger partial charge on any atom is 0.144 e. The highest BCUT2D eigenvalue weighted by atomic mass is 16.3. The molecule has 3 aromatic heterocycles. The number of pyridine rings is 1. The second kappa shape index (κ2) is 11.7. The highest BCUT2D eigenvalue weighted by Crippen LogP contribution is 2.45. The number of fused-ring (bicyclic) bond motifs is 4. The first-order valence-corrected chi connectivity index (χ1v) is 17.6. The van der Waals surface area contributed by atoms with Crippen LogP contribution in [0.5, 0.6) is 5.75 Å². The molecule has 254 valence electrons. The SMILES string of the molecule is Cc1cnc(-c2cc(-c3cccc4c3nc(-c3cc(C(C)(C)C)cc(C(C)(C)C)c3O)n4C)c3oc4ccccc4c3c2)cc1-c1ccccc1. The second-order valence-electron chi connectivity index (χ2n) is 15.8. The van der Waals surface area contributed by atoms with Gasteiger partial charge < -0.3 is 14.1 Å². The van der Waals surface area contributed by atoms with Crippen molar-refractivity contribution < 1.29 is 9.52 Å². The number of nitrogens with zero attached hydrogens (tertiary/aromatic N) is 3. The largest absolute Gasteiger partial charge is 0.507 e.